The summed E-state index contributed by atoms with van der Waals surface area (Å²) in [6.45, 7) is 3.60. The van der Waals surface area contributed by atoms with Gasteiger partial charge in [-0.15, -0.1) is 0 Å². The number of likely N-dealkylation sites (tertiary alicyclic amines) is 1. The van der Waals surface area contributed by atoms with Crippen LogP contribution >= 0.6 is 0 Å². The number of nitrogens with zero attached hydrogens (tertiary/aromatic N) is 4. The number of fused-ring (bicyclic) bond motifs is 1. The average Bonchev–Trinajstić information content (AvgIpc) is 3.47. The van der Waals surface area contributed by atoms with Crippen molar-refractivity contribution in [3.63, 3.8) is 0 Å². The van der Waals surface area contributed by atoms with Gasteiger partial charge in [0.2, 0.25) is 15.9 Å². The van der Waals surface area contributed by atoms with Crippen LogP contribution in [0.3, 0.4) is 0 Å². The largest absolute Gasteiger partial charge is 0.360 e. The minimum Gasteiger partial charge on any atom is -0.360 e. The van der Waals surface area contributed by atoms with Gasteiger partial charge in [0, 0.05) is 42.9 Å². The molecule has 2 N–H and O–H groups in total. The Morgan fingerprint density at radius 3 is 2.68 bits per heavy atom. The third-order valence-corrected chi connectivity index (χ3v) is 7.89. The predicted molar refractivity (Wildman–Crippen MR) is 126 cm³/mol. The first kappa shape index (κ1) is 23.6. The van der Waals surface area contributed by atoms with Crippen LogP contribution in [0.15, 0.2) is 47.6 Å². The van der Waals surface area contributed by atoms with Crippen molar-refractivity contribution >= 4 is 26.8 Å². The zero-order chi connectivity index (χ0) is 24.3. The number of benzene rings is 1. The fourth-order valence-corrected chi connectivity index (χ4v) is 5.84. The van der Waals surface area contributed by atoms with Crippen LogP contribution in [0, 0.1) is 28.6 Å². The van der Waals surface area contributed by atoms with Gasteiger partial charge in [-0.2, -0.15) is 15.2 Å². The van der Waals surface area contributed by atoms with Crippen LogP contribution in [0.2, 0.25) is 0 Å². The van der Waals surface area contributed by atoms with Crippen LogP contribution in [0.25, 0.3) is 10.9 Å². The van der Waals surface area contributed by atoms with E-state index >= 15 is 0 Å². The first-order valence-electron chi connectivity index (χ1n) is 11.2. The molecular weight excluding hydrogens is 452 g/mol. The number of nitrogens with one attached hydrogen (secondary N) is 2. The number of aromatic amines is 1. The lowest BCUT2D eigenvalue weighted by atomic mass is 9.98. The number of hydrogen-bond donors (Lipinski definition) is 2. The molecule has 4 rings (SSSR count). The van der Waals surface area contributed by atoms with E-state index in [-0.39, 0.29) is 22.8 Å². The molecule has 176 valence electrons. The van der Waals surface area contributed by atoms with Gasteiger partial charge < -0.3 is 14.5 Å². The van der Waals surface area contributed by atoms with E-state index in [0.717, 1.165) is 12.8 Å². The zero-order valence-corrected chi connectivity index (χ0v) is 19.7. The third kappa shape index (κ3) is 4.69. The van der Waals surface area contributed by atoms with Crippen molar-refractivity contribution in [2.75, 3.05) is 13.1 Å². The summed E-state index contributed by atoms with van der Waals surface area (Å²) in [7, 11) is -4.13. The number of carbonyl (C=O) groups is 1. The second kappa shape index (κ2) is 9.72. The molecule has 0 radical (unpaired) electrons. The van der Waals surface area contributed by atoms with E-state index in [1.165, 1.54) is 12.3 Å². The molecule has 0 bridgehead atoms. The molecule has 0 aliphatic carbocycles. The number of sulfonamides is 1. The van der Waals surface area contributed by atoms with Gasteiger partial charge in [-0.25, -0.2) is 8.42 Å². The van der Waals surface area contributed by atoms with Crippen molar-refractivity contribution in [1.82, 2.24) is 19.2 Å². The lowest BCUT2D eigenvalue weighted by molar-refractivity contribution is -0.134. The van der Waals surface area contributed by atoms with E-state index in [2.05, 4.69) is 22.7 Å². The van der Waals surface area contributed by atoms with Crippen molar-refractivity contribution in [2.45, 2.75) is 43.7 Å². The molecule has 3 heterocycles. The van der Waals surface area contributed by atoms with Crippen LogP contribution in [0.1, 0.15) is 37.4 Å². The van der Waals surface area contributed by atoms with E-state index in [1.807, 2.05) is 6.07 Å². The van der Waals surface area contributed by atoms with Crippen molar-refractivity contribution in [2.24, 2.45) is 5.92 Å². The molecule has 1 fully saturated rings. The van der Waals surface area contributed by atoms with Crippen molar-refractivity contribution < 1.29 is 13.2 Å². The summed E-state index contributed by atoms with van der Waals surface area (Å²) in [5, 5.41) is 19.0. The molecule has 2 aromatic heterocycles. The van der Waals surface area contributed by atoms with Gasteiger partial charge in [-0.1, -0.05) is 13.0 Å². The SMILES string of the molecule is CC1CCN(C(=O)C(CCn2cccc2C#N)NS(=O)(=O)c2cccc3[nH]cc(C#N)c23)CC1. The maximum Gasteiger partial charge on any atom is 0.242 e. The minimum atomic E-state index is -4.13. The minimum absolute atomic E-state index is 0.0495. The molecule has 1 aliphatic heterocycles. The summed E-state index contributed by atoms with van der Waals surface area (Å²) in [5.74, 6) is 0.246. The second-order valence-corrected chi connectivity index (χ2v) is 10.3. The van der Waals surface area contributed by atoms with E-state index in [9.17, 15) is 23.7 Å². The Bertz CT molecular complexity index is 1380. The van der Waals surface area contributed by atoms with Gasteiger partial charge in [0.05, 0.1) is 10.5 Å². The molecule has 3 aromatic rings. The van der Waals surface area contributed by atoms with Crippen molar-refractivity contribution in [1.29, 1.82) is 10.5 Å². The smallest absolute Gasteiger partial charge is 0.242 e. The highest BCUT2D eigenvalue weighted by molar-refractivity contribution is 7.89. The molecular formula is C24H26N6O3S. The Kier molecular flexibility index (Phi) is 6.73. The molecule has 9 nitrogen and oxygen atoms in total. The molecule has 1 atom stereocenters. The Morgan fingerprint density at radius 1 is 1.21 bits per heavy atom. The highest BCUT2D eigenvalue weighted by atomic mass is 32.2. The molecule has 1 amide bonds. The van der Waals surface area contributed by atoms with Crippen LogP contribution in [0.4, 0.5) is 0 Å². The molecule has 1 unspecified atom stereocenters. The fraction of sp³-hybridized carbons (Fsp3) is 0.375. The molecule has 34 heavy (non-hydrogen) atoms. The lowest BCUT2D eigenvalue weighted by Gasteiger charge is -2.33. The zero-order valence-electron chi connectivity index (χ0n) is 18.9. The number of aryl methyl sites for hydroxylation is 1. The van der Waals surface area contributed by atoms with E-state index in [0.29, 0.717) is 42.1 Å². The summed E-state index contributed by atoms with van der Waals surface area (Å²) < 4.78 is 31.3. The number of hydrogen-bond acceptors (Lipinski definition) is 5. The first-order chi connectivity index (χ1) is 16.3. The van der Waals surface area contributed by atoms with E-state index < -0.39 is 16.1 Å². The number of nitriles is 2. The number of amides is 1. The monoisotopic (exact) mass is 478 g/mol. The normalized spacial score (nSPS) is 15.7. The van der Waals surface area contributed by atoms with E-state index in [4.69, 9.17) is 0 Å². The standard InChI is InChI=1S/C24H26N6O3S/c1-17-7-11-30(12-8-17)24(31)21(9-13-29-10-3-4-19(29)15-26)28-34(32,33)22-6-2-5-20-23(22)18(14-25)16-27-20/h2-6,10,16-17,21,27-28H,7-9,11-13H2,1H3. The van der Waals surface area contributed by atoms with Gasteiger partial charge in [0.1, 0.15) is 23.9 Å². The van der Waals surface area contributed by atoms with E-state index in [1.54, 1.807) is 39.9 Å². The average molecular weight is 479 g/mol. The first-order valence-corrected chi connectivity index (χ1v) is 12.7. The second-order valence-electron chi connectivity index (χ2n) is 8.66. The van der Waals surface area contributed by atoms with Crippen LogP contribution in [0.5, 0.6) is 0 Å². The Hall–Kier alpha value is -3.60. The number of carbonyl (C=O) groups excluding carboxylic acids is 1. The fourth-order valence-electron chi connectivity index (χ4n) is 4.38. The summed E-state index contributed by atoms with van der Waals surface area (Å²) in [4.78, 5) is 18.0. The molecule has 0 saturated carbocycles. The number of rotatable bonds is 7. The summed E-state index contributed by atoms with van der Waals surface area (Å²) in [5.41, 5.74) is 1.19. The third-order valence-electron chi connectivity index (χ3n) is 6.37. The summed E-state index contributed by atoms with van der Waals surface area (Å²) in [6, 6.07) is 11.2. The van der Waals surface area contributed by atoms with Gasteiger partial charge in [0.25, 0.3) is 0 Å². The number of aromatic nitrogens is 2. The Morgan fingerprint density at radius 2 is 1.97 bits per heavy atom. The Balaban J connectivity index is 1.64. The van der Waals surface area contributed by atoms with Crippen LogP contribution < -0.4 is 4.72 Å². The molecule has 1 saturated heterocycles. The lowest BCUT2D eigenvalue weighted by Crippen LogP contribution is -2.50. The highest BCUT2D eigenvalue weighted by Gasteiger charge is 2.32. The summed E-state index contributed by atoms with van der Waals surface area (Å²) >= 11 is 0. The topological polar surface area (TPSA) is 135 Å². The van der Waals surface area contributed by atoms with Crippen molar-refractivity contribution in [3.8, 4) is 12.1 Å². The quantitative estimate of drug-likeness (QED) is 0.538. The molecule has 1 aliphatic rings. The predicted octanol–water partition coefficient (Wildman–Crippen LogP) is 2.71. The maximum atomic E-state index is 13.5. The number of H-pyrrole nitrogens is 1. The molecule has 0 spiro atoms. The van der Waals surface area contributed by atoms with Gasteiger partial charge in [-0.3, -0.25) is 4.79 Å². The van der Waals surface area contributed by atoms with Crippen LogP contribution in [-0.2, 0) is 21.4 Å². The Labute approximate surface area is 198 Å². The molecule has 1 aromatic carbocycles. The van der Waals surface area contributed by atoms with Gasteiger partial charge in [0.15, 0.2) is 0 Å². The van der Waals surface area contributed by atoms with Gasteiger partial charge in [-0.05, 0) is 49.4 Å². The van der Waals surface area contributed by atoms with Gasteiger partial charge >= 0.3 is 0 Å². The van der Waals surface area contributed by atoms with Crippen LogP contribution in [-0.4, -0.2) is 47.9 Å². The summed E-state index contributed by atoms with van der Waals surface area (Å²) in [6.07, 6.45) is 5.13. The maximum absolute atomic E-state index is 13.5. The molecule has 10 heteroatoms. The highest BCUT2D eigenvalue weighted by Crippen LogP contribution is 2.26. The number of piperidine rings is 1. The van der Waals surface area contributed by atoms with Crippen molar-refractivity contribution in [3.05, 3.63) is 54.0 Å².